The predicted octanol–water partition coefficient (Wildman–Crippen LogP) is 3.95. The van der Waals surface area contributed by atoms with Crippen molar-refractivity contribution in [1.82, 2.24) is 15.3 Å². The minimum Gasteiger partial charge on any atom is -0.345 e. The lowest BCUT2D eigenvalue weighted by Crippen LogP contribution is -2.31. The van der Waals surface area contributed by atoms with Crippen molar-refractivity contribution in [3.63, 3.8) is 0 Å². The number of aryl methyl sites for hydroxylation is 1. The second-order valence-corrected chi connectivity index (χ2v) is 7.64. The van der Waals surface area contributed by atoms with Gasteiger partial charge >= 0.3 is 0 Å². The molecule has 0 saturated heterocycles. The van der Waals surface area contributed by atoms with Crippen LogP contribution in [0.5, 0.6) is 0 Å². The molecule has 30 heavy (non-hydrogen) atoms. The van der Waals surface area contributed by atoms with Crippen molar-refractivity contribution < 1.29 is 13.6 Å². The van der Waals surface area contributed by atoms with E-state index in [1.165, 1.54) is 30.3 Å². The molecule has 1 heterocycles. The smallest absolute Gasteiger partial charge is 0.251 e. The average molecular weight is 409 g/mol. The minimum atomic E-state index is -0.566. The maximum atomic E-state index is 13.9. The summed E-state index contributed by atoms with van der Waals surface area (Å²) < 4.78 is 27.3. The van der Waals surface area contributed by atoms with Crippen LogP contribution in [-0.4, -0.2) is 15.9 Å². The lowest BCUT2D eigenvalue weighted by atomic mass is 10.0. The maximum absolute atomic E-state index is 13.9. The highest BCUT2D eigenvalue weighted by Crippen LogP contribution is 2.37. The number of carbonyl (C=O) groups excluding carboxylic acids is 1. The van der Waals surface area contributed by atoms with Crippen molar-refractivity contribution in [3.05, 3.63) is 98.7 Å². The van der Waals surface area contributed by atoms with Crippen LogP contribution in [-0.2, 0) is 6.42 Å². The van der Waals surface area contributed by atoms with Gasteiger partial charge in [0.25, 0.3) is 11.5 Å². The van der Waals surface area contributed by atoms with Crippen LogP contribution in [0.25, 0.3) is 0 Å². The molecule has 0 radical (unpaired) electrons. The van der Waals surface area contributed by atoms with Crippen LogP contribution in [0, 0.1) is 18.6 Å². The molecule has 1 aliphatic rings. The van der Waals surface area contributed by atoms with E-state index in [0.29, 0.717) is 22.6 Å². The Morgan fingerprint density at radius 1 is 1.17 bits per heavy atom. The van der Waals surface area contributed by atoms with Crippen molar-refractivity contribution >= 4 is 5.91 Å². The quantitative estimate of drug-likeness (QED) is 0.647. The second-order valence-electron chi connectivity index (χ2n) is 7.64. The zero-order valence-electron chi connectivity index (χ0n) is 16.4. The van der Waals surface area contributed by atoms with Crippen molar-refractivity contribution in [1.29, 1.82) is 0 Å². The van der Waals surface area contributed by atoms with Crippen LogP contribution in [0.3, 0.4) is 0 Å². The fraction of sp³-hybridized carbons (Fsp3) is 0.261. The summed E-state index contributed by atoms with van der Waals surface area (Å²) in [6, 6.07) is 10.9. The molecule has 2 N–H and O–H groups in total. The van der Waals surface area contributed by atoms with Gasteiger partial charge in [-0.1, -0.05) is 18.2 Å². The normalized spacial score (nSPS) is 14.4. The summed E-state index contributed by atoms with van der Waals surface area (Å²) in [7, 11) is 0. The molecule has 1 aliphatic carbocycles. The SMILES string of the molecule is Cc1ccc(C(=O)NC(Cc2cc(=O)[nH]c(C3CC3)n2)c2ccc(F)cc2)cc1F. The number of hydrogen-bond donors (Lipinski definition) is 2. The molecular weight excluding hydrogens is 388 g/mol. The molecule has 2 aromatic carbocycles. The number of amides is 1. The van der Waals surface area contributed by atoms with E-state index < -0.39 is 23.6 Å². The summed E-state index contributed by atoms with van der Waals surface area (Å²) in [6.07, 6.45) is 2.22. The first-order chi connectivity index (χ1) is 14.4. The first-order valence-corrected chi connectivity index (χ1v) is 9.81. The highest BCUT2D eigenvalue weighted by molar-refractivity contribution is 5.94. The molecule has 1 atom stereocenters. The monoisotopic (exact) mass is 409 g/mol. The Morgan fingerprint density at radius 3 is 2.57 bits per heavy atom. The lowest BCUT2D eigenvalue weighted by molar-refractivity contribution is 0.0936. The van der Waals surface area contributed by atoms with Gasteiger partial charge in [0.2, 0.25) is 0 Å². The number of aromatic amines is 1. The molecule has 1 aromatic heterocycles. The second kappa shape index (κ2) is 8.18. The largest absolute Gasteiger partial charge is 0.345 e. The summed E-state index contributed by atoms with van der Waals surface area (Å²) in [4.78, 5) is 32.1. The molecule has 0 spiro atoms. The summed E-state index contributed by atoms with van der Waals surface area (Å²) in [5, 5.41) is 2.87. The maximum Gasteiger partial charge on any atom is 0.251 e. The molecule has 3 aromatic rings. The third-order valence-corrected chi connectivity index (χ3v) is 5.20. The van der Waals surface area contributed by atoms with Gasteiger partial charge in [0.15, 0.2) is 0 Å². The first kappa shape index (κ1) is 19.9. The zero-order valence-corrected chi connectivity index (χ0v) is 16.4. The highest BCUT2D eigenvalue weighted by atomic mass is 19.1. The first-order valence-electron chi connectivity index (χ1n) is 9.81. The molecule has 7 heteroatoms. The Balaban J connectivity index is 1.63. The molecule has 1 saturated carbocycles. The van der Waals surface area contributed by atoms with E-state index in [1.807, 2.05) is 0 Å². The van der Waals surface area contributed by atoms with Crippen molar-refractivity contribution in [2.75, 3.05) is 0 Å². The molecule has 0 aliphatic heterocycles. The number of aromatic nitrogens is 2. The van der Waals surface area contributed by atoms with E-state index in [9.17, 15) is 18.4 Å². The van der Waals surface area contributed by atoms with Crippen LogP contribution in [0.2, 0.25) is 0 Å². The van der Waals surface area contributed by atoms with Gasteiger partial charge in [0.05, 0.1) is 11.7 Å². The molecule has 0 bridgehead atoms. The number of carbonyl (C=O) groups is 1. The third kappa shape index (κ3) is 4.62. The van der Waals surface area contributed by atoms with E-state index in [-0.39, 0.29) is 23.5 Å². The van der Waals surface area contributed by atoms with Gasteiger partial charge in [-0.3, -0.25) is 9.59 Å². The van der Waals surface area contributed by atoms with Crippen LogP contribution in [0.15, 0.2) is 53.3 Å². The molecule has 154 valence electrons. The van der Waals surface area contributed by atoms with E-state index in [2.05, 4.69) is 15.3 Å². The molecule has 1 unspecified atom stereocenters. The van der Waals surface area contributed by atoms with E-state index in [4.69, 9.17) is 0 Å². The molecule has 1 amide bonds. The summed E-state index contributed by atoms with van der Waals surface area (Å²) in [6.45, 7) is 1.62. The number of nitrogens with one attached hydrogen (secondary N) is 2. The van der Waals surface area contributed by atoms with Crippen LogP contribution < -0.4 is 10.9 Å². The third-order valence-electron chi connectivity index (χ3n) is 5.20. The topological polar surface area (TPSA) is 74.8 Å². The predicted molar refractivity (Wildman–Crippen MR) is 108 cm³/mol. The van der Waals surface area contributed by atoms with Gasteiger partial charge in [-0.15, -0.1) is 0 Å². The highest BCUT2D eigenvalue weighted by Gasteiger charge is 2.27. The number of hydrogen-bond acceptors (Lipinski definition) is 3. The summed E-state index contributed by atoms with van der Waals surface area (Å²) in [5.74, 6) is -0.397. The standard InChI is InChI=1S/C23H21F2N3O2/c1-13-2-3-16(10-19(13)25)23(30)27-20(14-6-8-17(24)9-7-14)11-18-12-21(29)28-22(26-18)15-4-5-15/h2-3,6-10,12,15,20H,4-5,11H2,1H3,(H,27,30)(H,26,28,29). The van der Waals surface area contributed by atoms with Gasteiger partial charge in [0, 0.05) is 24.0 Å². The molecule has 4 rings (SSSR count). The van der Waals surface area contributed by atoms with E-state index in [1.54, 1.807) is 25.1 Å². The number of halogens is 2. The molecule has 1 fully saturated rings. The Labute approximate surface area is 172 Å². The van der Waals surface area contributed by atoms with Crippen molar-refractivity contribution in [2.45, 2.75) is 38.1 Å². The van der Waals surface area contributed by atoms with Gasteiger partial charge < -0.3 is 10.3 Å². The minimum absolute atomic E-state index is 0.183. The van der Waals surface area contributed by atoms with Gasteiger partial charge in [-0.05, 0) is 55.2 Å². The molecule has 5 nitrogen and oxygen atoms in total. The Hall–Kier alpha value is -3.35. The fourth-order valence-corrected chi connectivity index (χ4v) is 3.32. The van der Waals surface area contributed by atoms with Gasteiger partial charge in [-0.25, -0.2) is 13.8 Å². The molecular formula is C23H21F2N3O2. The number of benzene rings is 2. The van der Waals surface area contributed by atoms with Crippen molar-refractivity contribution in [3.8, 4) is 0 Å². The van der Waals surface area contributed by atoms with Crippen LogP contribution in [0.4, 0.5) is 8.78 Å². The fourth-order valence-electron chi connectivity index (χ4n) is 3.32. The van der Waals surface area contributed by atoms with E-state index in [0.717, 1.165) is 12.8 Å². The summed E-state index contributed by atoms with van der Waals surface area (Å²) in [5.41, 5.74) is 1.58. The van der Waals surface area contributed by atoms with Gasteiger partial charge in [-0.2, -0.15) is 0 Å². The lowest BCUT2D eigenvalue weighted by Gasteiger charge is -2.19. The average Bonchev–Trinajstić information content (AvgIpc) is 3.55. The number of H-pyrrole nitrogens is 1. The van der Waals surface area contributed by atoms with Crippen molar-refractivity contribution in [2.24, 2.45) is 0 Å². The zero-order chi connectivity index (χ0) is 21.3. The van der Waals surface area contributed by atoms with E-state index >= 15 is 0 Å². The summed E-state index contributed by atoms with van der Waals surface area (Å²) >= 11 is 0. The number of rotatable bonds is 6. The van der Waals surface area contributed by atoms with Crippen LogP contribution >= 0.6 is 0 Å². The Morgan fingerprint density at radius 2 is 1.90 bits per heavy atom. The Bertz CT molecular complexity index is 1140. The Kier molecular flexibility index (Phi) is 5.44. The van der Waals surface area contributed by atoms with Gasteiger partial charge in [0.1, 0.15) is 17.5 Å². The number of nitrogens with zero attached hydrogens (tertiary/aromatic N) is 1. The van der Waals surface area contributed by atoms with Crippen LogP contribution in [0.1, 0.15) is 57.8 Å².